The number of ether oxygens (including phenoxy) is 2. The summed E-state index contributed by atoms with van der Waals surface area (Å²) in [6, 6.07) is 9.53. The van der Waals surface area contributed by atoms with Crippen LogP contribution < -0.4 is 0 Å². The number of hydrogen-bond donors (Lipinski definition) is 0. The lowest BCUT2D eigenvalue weighted by molar-refractivity contribution is -0.144. The molecular formula is C17H20O4. The molecule has 0 saturated carbocycles. The van der Waals surface area contributed by atoms with E-state index in [0.717, 1.165) is 17.7 Å². The lowest BCUT2D eigenvalue weighted by Crippen LogP contribution is -2.38. The molecule has 0 bridgehead atoms. The molecule has 1 aromatic carbocycles. The SMILES string of the molecule is C=CC(=O)OCC(CC)(COC(=O)C=C)c1ccccc1. The fraction of sp³-hybridized carbons (Fsp3) is 0.294. The second-order valence-corrected chi connectivity index (χ2v) is 4.62. The van der Waals surface area contributed by atoms with Crippen molar-refractivity contribution in [3.8, 4) is 0 Å². The quantitative estimate of drug-likeness (QED) is 0.545. The molecule has 0 spiro atoms. The van der Waals surface area contributed by atoms with Gasteiger partial charge in [0, 0.05) is 12.2 Å². The number of hydrogen-bond acceptors (Lipinski definition) is 4. The van der Waals surface area contributed by atoms with Crippen LogP contribution in [0, 0.1) is 0 Å². The number of benzene rings is 1. The molecule has 1 aromatic rings. The van der Waals surface area contributed by atoms with E-state index in [1.165, 1.54) is 0 Å². The summed E-state index contributed by atoms with van der Waals surface area (Å²) in [6.07, 6.45) is 2.87. The molecule has 0 aliphatic rings. The van der Waals surface area contributed by atoms with Crippen LogP contribution in [0.3, 0.4) is 0 Å². The molecule has 0 aliphatic heterocycles. The minimum absolute atomic E-state index is 0.114. The van der Waals surface area contributed by atoms with Gasteiger partial charge >= 0.3 is 11.9 Å². The van der Waals surface area contributed by atoms with Crippen molar-refractivity contribution >= 4 is 11.9 Å². The highest BCUT2D eigenvalue weighted by Crippen LogP contribution is 2.29. The summed E-state index contributed by atoms with van der Waals surface area (Å²) in [4.78, 5) is 22.7. The molecule has 0 saturated heterocycles. The van der Waals surface area contributed by atoms with Crippen molar-refractivity contribution in [1.82, 2.24) is 0 Å². The van der Waals surface area contributed by atoms with Crippen LogP contribution in [-0.4, -0.2) is 25.2 Å². The Bertz CT molecular complexity index is 481. The highest BCUT2D eigenvalue weighted by Gasteiger charge is 2.33. The Morgan fingerprint density at radius 2 is 1.52 bits per heavy atom. The predicted molar refractivity (Wildman–Crippen MR) is 80.7 cm³/mol. The summed E-state index contributed by atoms with van der Waals surface area (Å²) in [6.45, 7) is 8.93. The van der Waals surface area contributed by atoms with E-state index in [4.69, 9.17) is 9.47 Å². The zero-order chi connectivity index (χ0) is 15.7. The van der Waals surface area contributed by atoms with Crippen molar-refractivity contribution in [2.24, 2.45) is 0 Å². The van der Waals surface area contributed by atoms with Gasteiger partial charge < -0.3 is 9.47 Å². The molecule has 0 atom stereocenters. The monoisotopic (exact) mass is 288 g/mol. The molecule has 0 unspecified atom stereocenters. The molecule has 4 nitrogen and oxygen atoms in total. The highest BCUT2D eigenvalue weighted by atomic mass is 16.5. The van der Waals surface area contributed by atoms with Gasteiger partial charge in [-0.25, -0.2) is 9.59 Å². The molecular weight excluding hydrogens is 268 g/mol. The van der Waals surface area contributed by atoms with Gasteiger partial charge in [-0.1, -0.05) is 50.4 Å². The summed E-state index contributed by atoms with van der Waals surface area (Å²) in [5.41, 5.74) is 0.361. The van der Waals surface area contributed by atoms with Crippen LogP contribution in [0.5, 0.6) is 0 Å². The third-order valence-electron chi connectivity index (χ3n) is 3.38. The van der Waals surface area contributed by atoms with Crippen LogP contribution in [0.2, 0.25) is 0 Å². The first-order chi connectivity index (χ1) is 10.1. The first-order valence-electron chi connectivity index (χ1n) is 6.72. The van der Waals surface area contributed by atoms with Crippen molar-refractivity contribution in [3.05, 3.63) is 61.2 Å². The molecule has 0 aliphatic carbocycles. The molecule has 0 fully saturated rings. The van der Waals surface area contributed by atoms with Crippen LogP contribution in [0.25, 0.3) is 0 Å². The van der Waals surface area contributed by atoms with E-state index >= 15 is 0 Å². The Balaban J connectivity index is 2.99. The maximum atomic E-state index is 11.3. The molecule has 0 aromatic heterocycles. The molecule has 1 rings (SSSR count). The molecule has 0 heterocycles. The van der Waals surface area contributed by atoms with E-state index in [2.05, 4.69) is 13.2 Å². The first kappa shape index (κ1) is 16.7. The number of carbonyl (C=O) groups excluding carboxylic acids is 2. The Labute approximate surface area is 125 Å². The summed E-state index contributed by atoms with van der Waals surface area (Å²) in [5.74, 6) is -1.00. The zero-order valence-electron chi connectivity index (χ0n) is 12.2. The van der Waals surface area contributed by atoms with E-state index in [1.54, 1.807) is 0 Å². The molecule has 0 amide bonds. The van der Waals surface area contributed by atoms with E-state index < -0.39 is 17.4 Å². The Hall–Kier alpha value is -2.36. The molecule has 21 heavy (non-hydrogen) atoms. The van der Waals surface area contributed by atoms with E-state index in [1.807, 2.05) is 37.3 Å². The van der Waals surface area contributed by atoms with Gasteiger partial charge in [0.2, 0.25) is 0 Å². The topological polar surface area (TPSA) is 52.6 Å². The number of rotatable bonds is 8. The van der Waals surface area contributed by atoms with E-state index in [-0.39, 0.29) is 13.2 Å². The highest BCUT2D eigenvalue weighted by molar-refractivity contribution is 5.81. The Kier molecular flexibility index (Phi) is 6.40. The fourth-order valence-corrected chi connectivity index (χ4v) is 1.94. The van der Waals surface area contributed by atoms with Crippen LogP contribution >= 0.6 is 0 Å². The zero-order valence-corrected chi connectivity index (χ0v) is 12.2. The third kappa shape index (κ3) is 4.60. The average Bonchev–Trinajstić information content (AvgIpc) is 2.55. The van der Waals surface area contributed by atoms with Crippen LogP contribution in [0.4, 0.5) is 0 Å². The van der Waals surface area contributed by atoms with Crippen molar-refractivity contribution in [2.45, 2.75) is 18.8 Å². The van der Waals surface area contributed by atoms with Gasteiger partial charge in [-0.05, 0) is 12.0 Å². The molecule has 112 valence electrons. The smallest absolute Gasteiger partial charge is 0.330 e. The second kappa shape index (κ2) is 8.04. The predicted octanol–water partition coefficient (Wildman–Crippen LogP) is 2.79. The van der Waals surface area contributed by atoms with Crippen LogP contribution in [0.15, 0.2) is 55.6 Å². The standard InChI is InChI=1S/C17H20O4/c1-4-15(18)20-12-17(6-3,13-21-16(19)5-2)14-10-8-7-9-11-14/h4-5,7-11H,1-2,6,12-13H2,3H3. The lowest BCUT2D eigenvalue weighted by atomic mass is 9.79. The van der Waals surface area contributed by atoms with Gasteiger partial charge in [0.05, 0.1) is 5.41 Å². The van der Waals surface area contributed by atoms with Crippen molar-refractivity contribution in [2.75, 3.05) is 13.2 Å². The van der Waals surface area contributed by atoms with Gasteiger partial charge in [-0.3, -0.25) is 0 Å². The van der Waals surface area contributed by atoms with Crippen LogP contribution in [-0.2, 0) is 24.5 Å². The number of carbonyl (C=O) groups is 2. The number of esters is 2. The summed E-state index contributed by atoms with van der Waals surface area (Å²) in [5, 5.41) is 0. The summed E-state index contributed by atoms with van der Waals surface area (Å²) in [7, 11) is 0. The fourth-order valence-electron chi connectivity index (χ4n) is 1.94. The Morgan fingerprint density at radius 3 is 1.90 bits per heavy atom. The first-order valence-corrected chi connectivity index (χ1v) is 6.72. The van der Waals surface area contributed by atoms with E-state index in [0.29, 0.717) is 6.42 Å². The normalized spacial score (nSPS) is 10.5. The van der Waals surface area contributed by atoms with Gasteiger partial charge in [0.25, 0.3) is 0 Å². The molecule has 0 N–H and O–H groups in total. The molecule has 4 heteroatoms. The summed E-state index contributed by atoms with van der Waals surface area (Å²) >= 11 is 0. The van der Waals surface area contributed by atoms with E-state index in [9.17, 15) is 9.59 Å². The van der Waals surface area contributed by atoms with Gasteiger partial charge in [0.15, 0.2) is 0 Å². The lowest BCUT2D eigenvalue weighted by Gasteiger charge is -2.32. The van der Waals surface area contributed by atoms with Gasteiger partial charge in [-0.15, -0.1) is 0 Å². The summed E-state index contributed by atoms with van der Waals surface area (Å²) < 4.78 is 10.4. The van der Waals surface area contributed by atoms with Crippen LogP contribution in [0.1, 0.15) is 18.9 Å². The van der Waals surface area contributed by atoms with Crippen molar-refractivity contribution in [3.63, 3.8) is 0 Å². The minimum atomic E-state index is -0.585. The maximum Gasteiger partial charge on any atom is 0.330 e. The Morgan fingerprint density at radius 1 is 1.05 bits per heavy atom. The molecule has 0 radical (unpaired) electrons. The maximum absolute atomic E-state index is 11.3. The van der Waals surface area contributed by atoms with Gasteiger partial charge in [0.1, 0.15) is 13.2 Å². The average molecular weight is 288 g/mol. The van der Waals surface area contributed by atoms with Crippen molar-refractivity contribution < 1.29 is 19.1 Å². The third-order valence-corrected chi connectivity index (χ3v) is 3.38. The minimum Gasteiger partial charge on any atom is -0.461 e. The van der Waals surface area contributed by atoms with Gasteiger partial charge in [-0.2, -0.15) is 0 Å². The second-order valence-electron chi connectivity index (χ2n) is 4.62. The van der Waals surface area contributed by atoms with Crippen molar-refractivity contribution in [1.29, 1.82) is 0 Å². The largest absolute Gasteiger partial charge is 0.461 e.